The maximum atomic E-state index is 13.0. The number of nitrogens with one attached hydrogen (secondary N) is 2. The molecule has 1 aliphatic carbocycles. The molecule has 0 saturated heterocycles. The lowest BCUT2D eigenvalue weighted by atomic mass is 9.77. The highest BCUT2D eigenvalue weighted by Gasteiger charge is 2.32. The number of benzene rings is 1. The smallest absolute Gasteiger partial charge is 0.264 e. The van der Waals surface area contributed by atoms with E-state index in [4.69, 9.17) is 0 Å². The first-order chi connectivity index (χ1) is 11.9. The Balaban J connectivity index is 1.64. The van der Waals surface area contributed by atoms with E-state index in [0.717, 1.165) is 18.6 Å². The van der Waals surface area contributed by atoms with Crippen LogP contribution in [0.2, 0.25) is 0 Å². The number of halogens is 1. The third kappa shape index (κ3) is 4.12. The second kappa shape index (κ2) is 7.29. The summed E-state index contributed by atoms with van der Waals surface area (Å²) in [7, 11) is -3.77. The van der Waals surface area contributed by atoms with Crippen LogP contribution >= 0.6 is 0 Å². The number of nitrogens with zero attached hydrogens (tertiary/aromatic N) is 2. The van der Waals surface area contributed by atoms with Crippen molar-refractivity contribution in [3.8, 4) is 0 Å². The van der Waals surface area contributed by atoms with Crippen LogP contribution in [0.5, 0.6) is 0 Å². The van der Waals surface area contributed by atoms with Crippen molar-refractivity contribution < 1.29 is 12.8 Å². The molecule has 1 aromatic rings. The molecule has 0 spiro atoms. The average Bonchev–Trinajstić information content (AvgIpc) is 2.58. The molecule has 2 N–H and O–H groups in total. The predicted octanol–water partition coefficient (Wildman–Crippen LogP) is 2.10. The van der Waals surface area contributed by atoms with Gasteiger partial charge >= 0.3 is 0 Å². The summed E-state index contributed by atoms with van der Waals surface area (Å²) in [6.07, 6.45) is 3.64. The fraction of sp³-hybridized carbons (Fsp3) is 0.588. The van der Waals surface area contributed by atoms with Crippen molar-refractivity contribution >= 4 is 16.0 Å². The molecule has 2 aliphatic rings. The Kier molecular flexibility index (Phi) is 5.29. The summed E-state index contributed by atoms with van der Waals surface area (Å²) < 4.78 is 40.0. The molecule has 1 fully saturated rings. The minimum absolute atomic E-state index is 0.00978. The van der Waals surface area contributed by atoms with Crippen molar-refractivity contribution in [1.82, 2.24) is 14.9 Å². The average molecular weight is 368 g/mol. The number of sulfonamides is 1. The standard InChI is InChI=1S/C17H25FN4O2S/c1-12-4-3-5-16(13(12)2)22-10-19-17(20-11-22)21-25(23,24)15-8-6-14(18)7-9-15/h6-9,12-13,16H,3-5,10-11H2,1-2H3,(H2,19,20,21)/t12-,13+,16+/m0/s1. The summed E-state index contributed by atoms with van der Waals surface area (Å²) in [4.78, 5) is 6.61. The van der Waals surface area contributed by atoms with E-state index in [1.807, 2.05) is 0 Å². The zero-order valence-corrected chi connectivity index (χ0v) is 15.4. The van der Waals surface area contributed by atoms with Crippen molar-refractivity contribution in [2.45, 2.75) is 44.0 Å². The molecule has 1 heterocycles. The lowest BCUT2D eigenvalue weighted by molar-refractivity contribution is 0.0768. The molecular weight excluding hydrogens is 343 g/mol. The van der Waals surface area contributed by atoms with Gasteiger partial charge < -0.3 is 5.32 Å². The van der Waals surface area contributed by atoms with E-state index in [1.165, 1.54) is 25.0 Å². The van der Waals surface area contributed by atoms with Gasteiger partial charge in [0.05, 0.1) is 18.2 Å². The topological polar surface area (TPSA) is 73.8 Å². The molecule has 0 unspecified atom stereocenters. The van der Waals surface area contributed by atoms with Crippen LogP contribution < -0.4 is 10.0 Å². The first-order valence-corrected chi connectivity index (χ1v) is 10.2. The van der Waals surface area contributed by atoms with Gasteiger partial charge in [-0.05, 0) is 42.5 Å². The molecule has 0 radical (unpaired) electrons. The maximum absolute atomic E-state index is 13.0. The van der Waals surface area contributed by atoms with Crippen molar-refractivity contribution in [2.24, 2.45) is 16.8 Å². The van der Waals surface area contributed by atoms with Gasteiger partial charge in [-0.1, -0.05) is 26.7 Å². The van der Waals surface area contributed by atoms with Crippen LogP contribution in [0.3, 0.4) is 0 Å². The van der Waals surface area contributed by atoms with E-state index in [2.05, 4.69) is 33.8 Å². The second-order valence-corrected chi connectivity index (χ2v) is 8.65. The molecule has 6 nitrogen and oxygen atoms in total. The fourth-order valence-corrected chi connectivity index (χ4v) is 4.61. The number of aliphatic imine (C=N–C) groups is 1. The van der Waals surface area contributed by atoms with Gasteiger partial charge in [0.2, 0.25) is 5.96 Å². The van der Waals surface area contributed by atoms with Gasteiger partial charge in [0.25, 0.3) is 10.0 Å². The predicted molar refractivity (Wildman–Crippen MR) is 94.8 cm³/mol. The van der Waals surface area contributed by atoms with Crippen LogP contribution in [0.15, 0.2) is 34.2 Å². The van der Waals surface area contributed by atoms with Gasteiger partial charge in [0, 0.05) is 6.04 Å². The lowest BCUT2D eigenvalue weighted by Gasteiger charge is -2.42. The van der Waals surface area contributed by atoms with E-state index in [-0.39, 0.29) is 10.9 Å². The highest BCUT2D eigenvalue weighted by Crippen LogP contribution is 2.32. The number of rotatable bonds is 3. The number of hydrogen-bond acceptors (Lipinski definition) is 5. The summed E-state index contributed by atoms with van der Waals surface area (Å²) in [6, 6.07) is 5.18. The Labute approximate surface area is 148 Å². The maximum Gasteiger partial charge on any atom is 0.264 e. The molecule has 138 valence electrons. The van der Waals surface area contributed by atoms with Crippen LogP contribution in [-0.2, 0) is 10.0 Å². The van der Waals surface area contributed by atoms with Gasteiger partial charge in [-0.15, -0.1) is 0 Å². The molecule has 25 heavy (non-hydrogen) atoms. The molecule has 0 aromatic heterocycles. The first-order valence-electron chi connectivity index (χ1n) is 8.67. The Hall–Kier alpha value is -1.67. The molecule has 0 amide bonds. The number of hydrogen-bond donors (Lipinski definition) is 2. The Morgan fingerprint density at radius 1 is 1.24 bits per heavy atom. The van der Waals surface area contributed by atoms with E-state index in [1.54, 1.807) is 0 Å². The largest absolute Gasteiger partial charge is 0.343 e. The minimum atomic E-state index is -3.77. The number of guanidine groups is 1. The van der Waals surface area contributed by atoms with Crippen molar-refractivity contribution in [3.63, 3.8) is 0 Å². The molecule has 3 atom stereocenters. The normalized spacial score (nSPS) is 28.1. The quantitative estimate of drug-likeness (QED) is 0.857. The fourth-order valence-electron chi connectivity index (χ4n) is 3.60. The summed E-state index contributed by atoms with van der Waals surface area (Å²) in [5.74, 6) is 1.06. The van der Waals surface area contributed by atoms with Gasteiger partial charge in [-0.2, -0.15) is 0 Å². The summed E-state index contributed by atoms with van der Waals surface area (Å²) in [5.41, 5.74) is 0. The Morgan fingerprint density at radius 2 is 1.96 bits per heavy atom. The third-order valence-corrected chi connectivity index (χ3v) is 6.70. The highest BCUT2D eigenvalue weighted by molar-refractivity contribution is 7.90. The molecule has 1 saturated carbocycles. The molecule has 3 rings (SSSR count). The first kappa shape index (κ1) is 18.1. The van der Waals surface area contributed by atoms with Crippen LogP contribution in [0.25, 0.3) is 0 Å². The molecule has 1 aliphatic heterocycles. The lowest BCUT2D eigenvalue weighted by Crippen LogP contribution is -2.55. The van der Waals surface area contributed by atoms with Gasteiger partial charge in [-0.3, -0.25) is 4.90 Å². The van der Waals surface area contributed by atoms with E-state index in [0.29, 0.717) is 31.2 Å². The molecule has 1 aromatic carbocycles. The summed E-state index contributed by atoms with van der Waals surface area (Å²) in [6.45, 7) is 5.60. The van der Waals surface area contributed by atoms with Gasteiger partial charge in [0.1, 0.15) is 5.82 Å². The van der Waals surface area contributed by atoms with Gasteiger partial charge in [0.15, 0.2) is 0 Å². The van der Waals surface area contributed by atoms with E-state index < -0.39 is 15.8 Å². The molecule has 0 bridgehead atoms. The highest BCUT2D eigenvalue weighted by atomic mass is 32.2. The van der Waals surface area contributed by atoms with E-state index >= 15 is 0 Å². The van der Waals surface area contributed by atoms with Crippen LogP contribution in [0.4, 0.5) is 4.39 Å². The summed E-state index contributed by atoms with van der Waals surface area (Å²) >= 11 is 0. The van der Waals surface area contributed by atoms with Crippen molar-refractivity contribution in [2.75, 3.05) is 13.3 Å². The van der Waals surface area contributed by atoms with Crippen molar-refractivity contribution in [1.29, 1.82) is 0 Å². The third-order valence-electron chi connectivity index (χ3n) is 5.35. The van der Waals surface area contributed by atoms with Crippen LogP contribution in [-0.4, -0.2) is 38.7 Å². The van der Waals surface area contributed by atoms with E-state index in [9.17, 15) is 12.8 Å². The summed E-state index contributed by atoms with van der Waals surface area (Å²) in [5, 5.41) is 3.05. The van der Waals surface area contributed by atoms with Crippen molar-refractivity contribution in [3.05, 3.63) is 30.1 Å². The second-order valence-electron chi connectivity index (χ2n) is 6.97. The molecule has 8 heteroatoms. The van der Waals surface area contributed by atoms with Crippen LogP contribution in [0.1, 0.15) is 33.1 Å². The zero-order valence-electron chi connectivity index (χ0n) is 14.6. The minimum Gasteiger partial charge on any atom is -0.343 e. The zero-order chi connectivity index (χ0) is 18.0. The Bertz CT molecular complexity index is 736. The van der Waals surface area contributed by atoms with Gasteiger partial charge in [-0.25, -0.2) is 22.5 Å². The SMILES string of the molecule is C[C@H]1[C@H](N2CN=C(NS(=O)(=O)c3ccc(F)cc3)NC2)CCC[C@@H]1C. The monoisotopic (exact) mass is 368 g/mol. The Morgan fingerprint density at radius 3 is 2.60 bits per heavy atom. The van der Waals surface area contributed by atoms with Crippen LogP contribution in [0, 0.1) is 17.7 Å². The molecular formula is C17H25FN4O2S.